The molecule has 2 N–H and O–H groups in total. The van der Waals surface area contributed by atoms with Crippen LogP contribution in [0.5, 0.6) is 0 Å². The molecule has 0 aromatic heterocycles. The van der Waals surface area contributed by atoms with Gasteiger partial charge in [0.15, 0.2) is 9.84 Å². The Labute approximate surface area is 97.6 Å². The molecule has 0 bridgehead atoms. The number of hydrogen-bond acceptors (Lipinski definition) is 6. The highest BCUT2D eigenvalue weighted by Gasteiger charge is 2.43. The molecule has 17 heavy (non-hydrogen) atoms. The first kappa shape index (κ1) is 13.6. The second-order valence-corrected chi connectivity index (χ2v) is 5.46. The molecule has 1 heterocycles. The van der Waals surface area contributed by atoms with Crippen LogP contribution in [0.2, 0.25) is 0 Å². The zero-order valence-corrected chi connectivity index (χ0v) is 9.87. The molecule has 0 saturated carbocycles. The predicted molar refractivity (Wildman–Crippen MR) is 55.7 cm³/mol. The fraction of sp³-hybridized carbons (Fsp3) is 0.625. The Hall–Kier alpha value is -1.48. The first-order chi connectivity index (χ1) is 7.88. The topological polar surface area (TPSA) is 119 Å². The van der Waals surface area contributed by atoms with Gasteiger partial charge in [0, 0.05) is 6.61 Å². The SMILES string of the molecule is CCOCCS(=O)(=O)C1C(=O)NC(=O)NC1=O. The first-order valence-electron chi connectivity index (χ1n) is 4.83. The van der Waals surface area contributed by atoms with Crippen molar-refractivity contribution in [2.75, 3.05) is 19.0 Å². The van der Waals surface area contributed by atoms with Crippen LogP contribution in [0, 0.1) is 0 Å². The van der Waals surface area contributed by atoms with Crippen molar-refractivity contribution in [3.05, 3.63) is 0 Å². The van der Waals surface area contributed by atoms with Crippen molar-refractivity contribution in [1.82, 2.24) is 10.6 Å². The van der Waals surface area contributed by atoms with Gasteiger partial charge >= 0.3 is 6.03 Å². The average molecular weight is 264 g/mol. The zero-order valence-electron chi connectivity index (χ0n) is 9.06. The number of nitrogens with one attached hydrogen (secondary N) is 2. The number of sulfone groups is 1. The standard InChI is InChI=1S/C8H12N2O6S/c1-2-16-3-4-17(14,15)5-6(11)9-8(13)10-7(5)12/h5H,2-4H2,1H3,(H2,9,10,11,12,13). The molecule has 0 aromatic carbocycles. The number of carbonyl (C=O) groups is 3. The van der Waals surface area contributed by atoms with Gasteiger partial charge in [0.1, 0.15) is 0 Å². The minimum Gasteiger partial charge on any atom is -0.381 e. The summed E-state index contributed by atoms with van der Waals surface area (Å²) in [5.41, 5.74) is 0. The molecular formula is C8H12N2O6S. The lowest BCUT2D eigenvalue weighted by molar-refractivity contribution is -0.129. The fourth-order valence-corrected chi connectivity index (χ4v) is 2.62. The van der Waals surface area contributed by atoms with Crippen molar-refractivity contribution in [2.24, 2.45) is 0 Å². The molecule has 0 unspecified atom stereocenters. The second-order valence-electron chi connectivity index (χ2n) is 3.25. The van der Waals surface area contributed by atoms with Crippen LogP contribution in [0.25, 0.3) is 0 Å². The summed E-state index contributed by atoms with van der Waals surface area (Å²) in [6.07, 6.45) is 0. The van der Waals surface area contributed by atoms with E-state index in [9.17, 15) is 22.8 Å². The van der Waals surface area contributed by atoms with Crippen LogP contribution in [0.1, 0.15) is 6.92 Å². The van der Waals surface area contributed by atoms with Crippen molar-refractivity contribution in [2.45, 2.75) is 12.2 Å². The molecule has 8 nitrogen and oxygen atoms in total. The summed E-state index contributed by atoms with van der Waals surface area (Å²) in [4.78, 5) is 33.3. The minimum atomic E-state index is -3.98. The van der Waals surface area contributed by atoms with Gasteiger partial charge in [-0.3, -0.25) is 20.2 Å². The second kappa shape index (κ2) is 5.23. The van der Waals surface area contributed by atoms with Crippen molar-refractivity contribution in [3.63, 3.8) is 0 Å². The van der Waals surface area contributed by atoms with E-state index in [0.717, 1.165) is 0 Å². The van der Waals surface area contributed by atoms with Crippen LogP contribution in [-0.2, 0) is 24.2 Å². The van der Waals surface area contributed by atoms with Gasteiger partial charge in [-0.05, 0) is 6.92 Å². The van der Waals surface area contributed by atoms with Crippen LogP contribution in [0.15, 0.2) is 0 Å². The Morgan fingerprint density at radius 2 is 1.71 bits per heavy atom. The molecule has 9 heteroatoms. The maximum absolute atomic E-state index is 11.7. The van der Waals surface area contributed by atoms with E-state index >= 15 is 0 Å². The van der Waals surface area contributed by atoms with E-state index in [1.165, 1.54) is 0 Å². The van der Waals surface area contributed by atoms with Gasteiger partial charge in [-0.2, -0.15) is 0 Å². The molecule has 1 rings (SSSR count). The normalized spacial score (nSPS) is 17.8. The molecule has 1 aliphatic heterocycles. The maximum atomic E-state index is 11.7. The number of ether oxygens (including phenoxy) is 1. The Morgan fingerprint density at radius 3 is 2.18 bits per heavy atom. The summed E-state index contributed by atoms with van der Waals surface area (Å²) < 4.78 is 28.2. The number of rotatable bonds is 5. The lowest BCUT2D eigenvalue weighted by atomic mass is 10.3. The summed E-state index contributed by atoms with van der Waals surface area (Å²) in [7, 11) is -3.98. The van der Waals surface area contributed by atoms with Crippen LogP contribution in [0.3, 0.4) is 0 Å². The Morgan fingerprint density at radius 1 is 1.18 bits per heavy atom. The largest absolute Gasteiger partial charge is 0.381 e. The van der Waals surface area contributed by atoms with Crippen LogP contribution >= 0.6 is 0 Å². The van der Waals surface area contributed by atoms with E-state index in [1.807, 2.05) is 0 Å². The zero-order chi connectivity index (χ0) is 13.1. The van der Waals surface area contributed by atoms with Gasteiger partial charge in [0.05, 0.1) is 12.4 Å². The Kier molecular flexibility index (Phi) is 4.18. The summed E-state index contributed by atoms with van der Waals surface area (Å²) in [6, 6.07) is -1.02. The maximum Gasteiger partial charge on any atom is 0.328 e. The third-order valence-electron chi connectivity index (χ3n) is 2.03. The highest BCUT2D eigenvalue weighted by atomic mass is 32.2. The van der Waals surface area contributed by atoms with E-state index in [4.69, 9.17) is 4.74 Å². The molecule has 1 fully saturated rings. The smallest absolute Gasteiger partial charge is 0.328 e. The summed E-state index contributed by atoms with van der Waals surface area (Å²) in [6.45, 7) is 1.91. The molecule has 0 spiro atoms. The Balaban J connectivity index is 2.79. The number of imide groups is 2. The van der Waals surface area contributed by atoms with Crippen molar-refractivity contribution in [1.29, 1.82) is 0 Å². The molecule has 0 aliphatic carbocycles. The molecule has 0 radical (unpaired) electrons. The third-order valence-corrected chi connectivity index (χ3v) is 3.91. The molecule has 1 saturated heterocycles. The van der Waals surface area contributed by atoms with Gasteiger partial charge in [-0.1, -0.05) is 0 Å². The fourth-order valence-electron chi connectivity index (χ4n) is 1.27. The van der Waals surface area contributed by atoms with Crippen LogP contribution in [-0.4, -0.2) is 50.5 Å². The highest BCUT2D eigenvalue weighted by Crippen LogP contribution is 2.07. The van der Waals surface area contributed by atoms with Crippen LogP contribution in [0.4, 0.5) is 4.79 Å². The molecule has 4 amide bonds. The predicted octanol–water partition coefficient (Wildman–Crippen LogP) is -1.83. The number of urea groups is 1. The van der Waals surface area contributed by atoms with Gasteiger partial charge in [-0.15, -0.1) is 0 Å². The number of amides is 4. The number of hydrogen-bond donors (Lipinski definition) is 2. The third kappa shape index (κ3) is 3.24. The number of carbonyl (C=O) groups excluding carboxylic acids is 3. The highest BCUT2D eigenvalue weighted by molar-refractivity contribution is 7.93. The van der Waals surface area contributed by atoms with E-state index in [1.54, 1.807) is 17.6 Å². The monoisotopic (exact) mass is 264 g/mol. The van der Waals surface area contributed by atoms with E-state index in [-0.39, 0.29) is 6.61 Å². The Bertz CT molecular complexity index is 423. The van der Waals surface area contributed by atoms with Crippen molar-refractivity contribution >= 4 is 27.7 Å². The van der Waals surface area contributed by atoms with Gasteiger partial charge in [0.25, 0.3) is 11.8 Å². The average Bonchev–Trinajstić information content (AvgIpc) is 2.15. The van der Waals surface area contributed by atoms with Crippen molar-refractivity contribution in [3.8, 4) is 0 Å². The minimum absolute atomic E-state index is 0.107. The molecular weight excluding hydrogens is 252 g/mol. The van der Waals surface area contributed by atoms with Gasteiger partial charge in [0.2, 0.25) is 5.25 Å². The lowest BCUT2D eigenvalue weighted by Gasteiger charge is -2.20. The van der Waals surface area contributed by atoms with Crippen LogP contribution < -0.4 is 10.6 Å². The number of barbiturate groups is 1. The van der Waals surface area contributed by atoms with Gasteiger partial charge in [-0.25, -0.2) is 13.2 Å². The molecule has 96 valence electrons. The van der Waals surface area contributed by atoms with E-state index in [0.29, 0.717) is 6.61 Å². The summed E-state index contributed by atoms with van der Waals surface area (Å²) >= 11 is 0. The quantitative estimate of drug-likeness (QED) is 0.445. The molecule has 1 aliphatic rings. The summed E-state index contributed by atoms with van der Waals surface area (Å²) in [5.74, 6) is -2.72. The molecule has 0 aromatic rings. The van der Waals surface area contributed by atoms with E-state index < -0.39 is 38.7 Å². The van der Waals surface area contributed by atoms with E-state index in [2.05, 4.69) is 0 Å². The van der Waals surface area contributed by atoms with Gasteiger partial charge < -0.3 is 4.74 Å². The molecule has 0 atom stereocenters. The van der Waals surface area contributed by atoms with Crippen molar-refractivity contribution < 1.29 is 27.5 Å². The summed E-state index contributed by atoms with van der Waals surface area (Å²) in [5, 5.41) is 1.56. The first-order valence-corrected chi connectivity index (χ1v) is 6.55. The lowest BCUT2D eigenvalue weighted by Crippen LogP contribution is -2.61.